The van der Waals surface area contributed by atoms with Crippen molar-refractivity contribution in [1.82, 2.24) is 5.32 Å². The topological polar surface area (TPSA) is 29.1 Å². The van der Waals surface area contributed by atoms with E-state index < -0.39 is 0 Å². The van der Waals surface area contributed by atoms with E-state index in [0.717, 1.165) is 10.9 Å². The van der Waals surface area contributed by atoms with Crippen LogP contribution in [0.4, 0.5) is 0 Å². The van der Waals surface area contributed by atoms with Crippen LogP contribution in [0.15, 0.2) is 12.2 Å². The minimum atomic E-state index is -0.0117. The Labute approximate surface area is 81.0 Å². The maximum absolute atomic E-state index is 11.3. The predicted octanol–water partition coefficient (Wildman–Crippen LogP) is 1.12. The summed E-state index contributed by atoms with van der Waals surface area (Å²) >= 11 is 0. The Morgan fingerprint density at radius 2 is 2.00 bits per heavy atom. The molecule has 3 nitrogen and oxygen atoms in total. The van der Waals surface area contributed by atoms with Gasteiger partial charge in [-0.3, -0.25) is 4.79 Å². The Bertz CT molecular complexity index is 192. The van der Waals surface area contributed by atoms with Crippen LogP contribution in [0.1, 0.15) is 20.3 Å². The number of carbonyl (C=O) groups excluding carboxylic acids is 1. The van der Waals surface area contributed by atoms with Crippen LogP contribution in [0.3, 0.4) is 0 Å². The van der Waals surface area contributed by atoms with Gasteiger partial charge in [-0.1, -0.05) is 13.0 Å². The lowest BCUT2D eigenvalue weighted by atomic mass is 10.3. The highest BCUT2D eigenvalue weighted by Gasteiger charge is 2.22. The molecule has 0 spiro atoms. The normalized spacial score (nSPS) is 14.5. The summed E-state index contributed by atoms with van der Waals surface area (Å²) in [7, 11) is 6.22. The van der Waals surface area contributed by atoms with Crippen molar-refractivity contribution in [1.29, 1.82) is 0 Å². The molecule has 1 amide bonds. The first-order chi connectivity index (χ1) is 5.91. The van der Waals surface area contributed by atoms with Crippen LogP contribution in [-0.2, 0) is 4.79 Å². The summed E-state index contributed by atoms with van der Waals surface area (Å²) in [5.74, 6) is -0.0117. The van der Waals surface area contributed by atoms with E-state index in [1.807, 2.05) is 6.92 Å². The van der Waals surface area contributed by atoms with Gasteiger partial charge in [0.25, 0.3) is 0 Å². The molecule has 1 atom stereocenters. The molecular weight excluding hydrogens is 164 g/mol. The van der Waals surface area contributed by atoms with E-state index in [2.05, 4.69) is 33.4 Å². The minimum Gasteiger partial charge on any atom is -0.311 e. The predicted molar refractivity (Wildman–Crippen MR) is 55.1 cm³/mol. The van der Waals surface area contributed by atoms with Gasteiger partial charge in [0.15, 0.2) is 6.17 Å². The van der Waals surface area contributed by atoms with E-state index in [9.17, 15) is 4.79 Å². The minimum absolute atomic E-state index is 0.0117. The summed E-state index contributed by atoms with van der Waals surface area (Å²) in [6.07, 6.45) is 4.42. The fourth-order valence-electron chi connectivity index (χ4n) is 1.21. The Balaban J connectivity index is 4.22. The van der Waals surface area contributed by atoms with Gasteiger partial charge >= 0.3 is 0 Å². The standard InChI is InChI=1S/C10H20N2O/c1-6-8-10(13)11-9(7-2)12(3,4)5/h6,8-9H,7H2,1-5H3/p+1. The lowest BCUT2D eigenvalue weighted by Crippen LogP contribution is -2.54. The maximum atomic E-state index is 11.3. The Morgan fingerprint density at radius 3 is 2.31 bits per heavy atom. The van der Waals surface area contributed by atoms with Crippen molar-refractivity contribution in [2.75, 3.05) is 21.1 Å². The highest BCUT2D eigenvalue weighted by molar-refractivity contribution is 5.87. The number of amides is 1. The van der Waals surface area contributed by atoms with Crippen molar-refractivity contribution in [2.24, 2.45) is 0 Å². The molecule has 1 N–H and O–H groups in total. The summed E-state index contributed by atoms with van der Waals surface area (Å²) in [5.41, 5.74) is 0. The smallest absolute Gasteiger partial charge is 0.248 e. The third kappa shape index (κ3) is 4.68. The van der Waals surface area contributed by atoms with Crippen molar-refractivity contribution in [3.63, 3.8) is 0 Å². The number of hydrogen-bond acceptors (Lipinski definition) is 1. The fraction of sp³-hybridized carbons (Fsp3) is 0.700. The van der Waals surface area contributed by atoms with Crippen LogP contribution >= 0.6 is 0 Å². The molecule has 0 aliphatic heterocycles. The summed E-state index contributed by atoms with van der Waals surface area (Å²) in [6, 6.07) is 0. The molecule has 3 heteroatoms. The zero-order valence-corrected chi connectivity index (χ0v) is 9.29. The molecule has 0 aliphatic rings. The maximum Gasteiger partial charge on any atom is 0.248 e. The SMILES string of the molecule is CC=CC(=O)NC(CC)[N+](C)(C)C. The van der Waals surface area contributed by atoms with Gasteiger partial charge in [-0.15, -0.1) is 0 Å². The number of rotatable bonds is 4. The van der Waals surface area contributed by atoms with Crippen LogP contribution in [0, 0.1) is 0 Å². The number of quaternary nitrogens is 1. The van der Waals surface area contributed by atoms with Gasteiger partial charge < -0.3 is 9.80 Å². The molecule has 76 valence electrons. The summed E-state index contributed by atoms with van der Waals surface area (Å²) < 4.78 is 0.750. The molecule has 0 saturated carbocycles. The highest BCUT2D eigenvalue weighted by atomic mass is 16.1. The molecule has 0 aromatic heterocycles. The zero-order chi connectivity index (χ0) is 10.5. The summed E-state index contributed by atoms with van der Waals surface area (Å²) in [4.78, 5) is 11.3. The molecule has 0 heterocycles. The van der Waals surface area contributed by atoms with Crippen molar-refractivity contribution in [3.8, 4) is 0 Å². The summed E-state index contributed by atoms with van der Waals surface area (Å²) in [6.45, 7) is 3.91. The molecule has 0 radical (unpaired) electrons. The number of carbonyl (C=O) groups is 1. The lowest BCUT2D eigenvalue weighted by molar-refractivity contribution is -0.898. The second kappa shape index (κ2) is 5.02. The number of allylic oxidation sites excluding steroid dienone is 1. The van der Waals surface area contributed by atoms with Gasteiger partial charge in [-0.2, -0.15) is 0 Å². The second-order valence-corrected chi connectivity index (χ2v) is 4.05. The number of nitrogens with zero attached hydrogens (tertiary/aromatic N) is 1. The third-order valence-electron chi connectivity index (χ3n) is 1.95. The monoisotopic (exact) mass is 185 g/mol. The first-order valence-corrected chi connectivity index (χ1v) is 4.66. The van der Waals surface area contributed by atoms with Crippen molar-refractivity contribution in [3.05, 3.63) is 12.2 Å². The van der Waals surface area contributed by atoms with E-state index in [4.69, 9.17) is 0 Å². The molecule has 0 aromatic carbocycles. The Kier molecular flexibility index (Phi) is 4.70. The summed E-state index contributed by atoms with van der Waals surface area (Å²) in [5, 5.41) is 2.95. The Morgan fingerprint density at radius 1 is 1.46 bits per heavy atom. The molecule has 0 aromatic rings. The van der Waals surface area contributed by atoms with E-state index >= 15 is 0 Å². The third-order valence-corrected chi connectivity index (χ3v) is 1.95. The van der Waals surface area contributed by atoms with Gasteiger partial charge in [-0.05, 0) is 13.0 Å². The fourth-order valence-corrected chi connectivity index (χ4v) is 1.21. The van der Waals surface area contributed by atoms with Crippen LogP contribution in [0.5, 0.6) is 0 Å². The first-order valence-electron chi connectivity index (χ1n) is 4.66. The lowest BCUT2D eigenvalue weighted by Gasteiger charge is -2.33. The average Bonchev–Trinajstić information content (AvgIpc) is 1.98. The van der Waals surface area contributed by atoms with E-state index in [0.29, 0.717) is 0 Å². The Hall–Kier alpha value is -0.830. The molecule has 0 rings (SSSR count). The van der Waals surface area contributed by atoms with Crippen LogP contribution < -0.4 is 5.32 Å². The van der Waals surface area contributed by atoms with Gasteiger partial charge in [0, 0.05) is 6.42 Å². The molecule has 0 aliphatic carbocycles. The van der Waals surface area contributed by atoms with Gasteiger partial charge in [-0.25, -0.2) is 0 Å². The largest absolute Gasteiger partial charge is 0.311 e. The van der Waals surface area contributed by atoms with Crippen LogP contribution in [0.2, 0.25) is 0 Å². The molecule has 0 saturated heterocycles. The van der Waals surface area contributed by atoms with Gasteiger partial charge in [0.05, 0.1) is 21.1 Å². The van der Waals surface area contributed by atoms with E-state index in [1.165, 1.54) is 0 Å². The first kappa shape index (κ1) is 12.2. The van der Waals surface area contributed by atoms with Crippen molar-refractivity contribution >= 4 is 5.91 Å². The van der Waals surface area contributed by atoms with Crippen LogP contribution in [-0.4, -0.2) is 37.7 Å². The van der Waals surface area contributed by atoms with Crippen LogP contribution in [0.25, 0.3) is 0 Å². The van der Waals surface area contributed by atoms with Crippen molar-refractivity contribution < 1.29 is 9.28 Å². The molecule has 13 heavy (non-hydrogen) atoms. The van der Waals surface area contributed by atoms with Gasteiger partial charge in [0.2, 0.25) is 5.91 Å². The highest BCUT2D eigenvalue weighted by Crippen LogP contribution is 2.03. The van der Waals surface area contributed by atoms with Crippen molar-refractivity contribution in [2.45, 2.75) is 26.4 Å². The number of hydrogen-bond donors (Lipinski definition) is 1. The molecule has 0 fully saturated rings. The number of nitrogens with one attached hydrogen (secondary N) is 1. The second-order valence-electron chi connectivity index (χ2n) is 4.05. The van der Waals surface area contributed by atoms with Gasteiger partial charge in [0.1, 0.15) is 0 Å². The molecule has 1 unspecified atom stereocenters. The zero-order valence-electron chi connectivity index (χ0n) is 9.29. The molecular formula is C10H21N2O+. The molecule has 0 bridgehead atoms. The average molecular weight is 185 g/mol. The van der Waals surface area contributed by atoms with E-state index in [-0.39, 0.29) is 12.1 Å². The quantitative estimate of drug-likeness (QED) is 0.397. The van der Waals surface area contributed by atoms with E-state index in [1.54, 1.807) is 12.2 Å².